The predicted octanol–water partition coefficient (Wildman–Crippen LogP) is 1.03. The maximum Gasteiger partial charge on any atom is 0.156 e. The van der Waals surface area contributed by atoms with Crippen molar-refractivity contribution in [2.45, 2.75) is 32.2 Å². The molecule has 1 aliphatic heterocycles. The molecule has 0 aromatic carbocycles. The Kier molecular flexibility index (Phi) is 5.82. The Labute approximate surface area is 85.2 Å². The molecular weight excluding hydrogens is 190 g/mol. The minimum atomic E-state index is 0. The zero-order chi connectivity index (χ0) is 8.97. The third kappa shape index (κ3) is 3.40. The number of hydrogen-bond donors (Lipinski definition) is 2. The fraction of sp³-hybridized carbons (Fsp3) is 0.875. The molecule has 0 bridgehead atoms. The number of halogens is 1. The average molecular weight is 208 g/mol. The minimum absolute atomic E-state index is 0. The van der Waals surface area contributed by atoms with Crippen LogP contribution in [0.4, 0.5) is 0 Å². The highest BCUT2D eigenvalue weighted by Crippen LogP contribution is 2.11. The standard InChI is InChI=1S/C8H17N3O.ClH/c1-7(8(9)10-12)11-5-3-2-4-6-11;/h7,12H,2-6H2,1H3,(H2,9,10);1H. The van der Waals surface area contributed by atoms with Gasteiger partial charge in [0.15, 0.2) is 5.84 Å². The summed E-state index contributed by atoms with van der Waals surface area (Å²) in [6, 6.07) is 0.0790. The Morgan fingerprint density at radius 1 is 1.38 bits per heavy atom. The molecule has 1 rings (SSSR count). The van der Waals surface area contributed by atoms with Crippen LogP contribution in [-0.4, -0.2) is 35.1 Å². The first kappa shape index (κ1) is 12.5. The lowest BCUT2D eigenvalue weighted by Gasteiger charge is -2.31. The fourth-order valence-corrected chi connectivity index (χ4v) is 1.58. The lowest BCUT2D eigenvalue weighted by atomic mass is 10.1. The predicted molar refractivity (Wildman–Crippen MR) is 55.5 cm³/mol. The van der Waals surface area contributed by atoms with Gasteiger partial charge in [-0.25, -0.2) is 0 Å². The summed E-state index contributed by atoms with van der Waals surface area (Å²) in [5.74, 6) is 0.317. The van der Waals surface area contributed by atoms with E-state index in [4.69, 9.17) is 10.9 Å². The Balaban J connectivity index is 0.00000144. The average Bonchev–Trinajstić information content (AvgIpc) is 2.17. The molecule has 78 valence electrons. The second-order valence-corrected chi connectivity index (χ2v) is 3.30. The van der Waals surface area contributed by atoms with Crippen molar-refractivity contribution < 1.29 is 5.21 Å². The molecule has 0 spiro atoms. The number of oxime groups is 1. The molecule has 1 heterocycles. The number of likely N-dealkylation sites (tertiary alicyclic amines) is 1. The summed E-state index contributed by atoms with van der Waals surface area (Å²) in [6.07, 6.45) is 3.76. The molecule has 1 aliphatic rings. The lowest BCUT2D eigenvalue weighted by molar-refractivity contribution is 0.205. The molecule has 0 amide bonds. The van der Waals surface area contributed by atoms with Crippen LogP contribution in [0.1, 0.15) is 26.2 Å². The van der Waals surface area contributed by atoms with Crippen LogP contribution in [0.25, 0.3) is 0 Å². The third-order valence-electron chi connectivity index (χ3n) is 2.48. The van der Waals surface area contributed by atoms with Gasteiger partial charge in [-0.1, -0.05) is 11.6 Å². The maximum atomic E-state index is 8.47. The van der Waals surface area contributed by atoms with Crippen LogP contribution in [0.15, 0.2) is 5.16 Å². The van der Waals surface area contributed by atoms with E-state index in [9.17, 15) is 0 Å². The number of hydrogen-bond acceptors (Lipinski definition) is 3. The smallest absolute Gasteiger partial charge is 0.156 e. The Bertz CT molecular complexity index is 169. The van der Waals surface area contributed by atoms with Crippen LogP contribution in [0.3, 0.4) is 0 Å². The molecule has 0 aliphatic carbocycles. The molecule has 1 atom stereocenters. The van der Waals surface area contributed by atoms with Crippen molar-refractivity contribution in [1.82, 2.24) is 4.90 Å². The van der Waals surface area contributed by atoms with Crippen LogP contribution in [0.2, 0.25) is 0 Å². The van der Waals surface area contributed by atoms with Gasteiger partial charge >= 0.3 is 0 Å². The third-order valence-corrected chi connectivity index (χ3v) is 2.48. The molecular formula is C8H18ClN3O. The second kappa shape index (κ2) is 6.05. The topological polar surface area (TPSA) is 61.9 Å². The summed E-state index contributed by atoms with van der Waals surface area (Å²) in [6.45, 7) is 4.11. The number of nitrogens with two attached hydrogens (primary N) is 1. The first-order valence-electron chi connectivity index (χ1n) is 4.47. The molecule has 13 heavy (non-hydrogen) atoms. The van der Waals surface area contributed by atoms with Gasteiger partial charge in [-0.3, -0.25) is 4.90 Å². The quantitative estimate of drug-likeness (QED) is 0.308. The van der Waals surface area contributed by atoms with Crippen molar-refractivity contribution in [3.8, 4) is 0 Å². The Morgan fingerprint density at radius 2 is 1.92 bits per heavy atom. The zero-order valence-corrected chi connectivity index (χ0v) is 8.76. The van der Waals surface area contributed by atoms with Gasteiger partial charge in [0.2, 0.25) is 0 Å². The lowest BCUT2D eigenvalue weighted by Crippen LogP contribution is -2.45. The monoisotopic (exact) mass is 207 g/mol. The van der Waals surface area contributed by atoms with Gasteiger partial charge in [-0.2, -0.15) is 0 Å². The van der Waals surface area contributed by atoms with E-state index in [-0.39, 0.29) is 18.4 Å². The van der Waals surface area contributed by atoms with E-state index in [1.807, 2.05) is 6.92 Å². The molecule has 3 N–H and O–H groups in total. The van der Waals surface area contributed by atoms with Crippen molar-refractivity contribution in [2.75, 3.05) is 13.1 Å². The molecule has 0 aromatic heterocycles. The van der Waals surface area contributed by atoms with E-state index in [0.29, 0.717) is 5.84 Å². The molecule has 0 saturated carbocycles. The molecule has 0 aromatic rings. The molecule has 5 heteroatoms. The number of piperidine rings is 1. The summed E-state index contributed by atoms with van der Waals surface area (Å²) in [5, 5.41) is 11.5. The van der Waals surface area contributed by atoms with Gasteiger partial charge in [0.05, 0.1) is 6.04 Å². The molecule has 1 fully saturated rings. The van der Waals surface area contributed by atoms with Crippen molar-refractivity contribution in [2.24, 2.45) is 10.9 Å². The van der Waals surface area contributed by atoms with E-state index in [2.05, 4.69) is 10.1 Å². The van der Waals surface area contributed by atoms with Gasteiger partial charge in [0, 0.05) is 0 Å². The van der Waals surface area contributed by atoms with Crippen molar-refractivity contribution in [3.63, 3.8) is 0 Å². The van der Waals surface area contributed by atoms with E-state index < -0.39 is 0 Å². The van der Waals surface area contributed by atoms with Crippen molar-refractivity contribution in [3.05, 3.63) is 0 Å². The maximum absolute atomic E-state index is 8.47. The van der Waals surface area contributed by atoms with Crippen LogP contribution in [0.5, 0.6) is 0 Å². The highest BCUT2D eigenvalue weighted by molar-refractivity contribution is 5.85. The van der Waals surface area contributed by atoms with Crippen LogP contribution >= 0.6 is 12.4 Å². The summed E-state index contributed by atoms with van der Waals surface area (Å²) in [7, 11) is 0. The van der Waals surface area contributed by atoms with Gasteiger partial charge in [-0.15, -0.1) is 12.4 Å². The van der Waals surface area contributed by atoms with Crippen molar-refractivity contribution >= 4 is 18.2 Å². The van der Waals surface area contributed by atoms with E-state index >= 15 is 0 Å². The Hall–Kier alpha value is -0.480. The summed E-state index contributed by atoms with van der Waals surface area (Å²) in [5.41, 5.74) is 5.51. The van der Waals surface area contributed by atoms with E-state index in [1.165, 1.54) is 19.3 Å². The molecule has 4 nitrogen and oxygen atoms in total. The van der Waals surface area contributed by atoms with Crippen molar-refractivity contribution in [1.29, 1.82) is 0 Å². The van der Waals surface area contributed by atoms with Gasteiger partial charge in [-0.05, 0) is 32.9 Å². The van der Waals surface area contributed by atoms with Gasteiger partial charge in [0.25, 0.3) is 0 Å². The number of rotatable bonds is 2. The van der Waals surface area contributed by atoms with Crippen LogP contribution < -0.4 is 5.73 Å². The first-order chi connectivity index (χ1) is 5.75. The normalized spacial score (nSPS) is 22.1. The van der Waals surface area contributed by atoms with Gasteiger partial charge in [0.1, 0.15) is 0 Å². The second-order valence-electron chi connectivity index (χ2n) is 3.30. The fourth-order valence-electron chi connectivity index (χ4n) is 1.58. The first-order valence-corrected chi connectivity index (χ1v) is 4.47. The summed E-state index contributed by atoms with van der Waals surface area (Å²) >= 11 is 0. The largest absolute Gasteiger partial charge is 0.409 e. The molecule has 1 unspecified atom stereocenters. The zero-order valence-electron chi connectivity index (χ0n) is 7.94. The molecule has 1 saturated heterocycles. The Morgan fingerprint density at radius 3 is 2.38 bits per heavy atom. The van der Waals surface area contributed by atoms with E-state index in [0.717, 1.165) is 13.1 Å². The van der Waals surface area contributed by atoms with Crippen LogP contribution in [0, 0.1) is 0 Å². The van der Waals surface area contributed by atoms with Crippen LogP contribution in [-0.2, 0) is 0 Å². The minimum Gasteiger partial charge on any atom is -0.409 e. The number of nitrogens with zero attached hydrogens (tertiary/aromatic N) is 2. The van der Waals surface area contributed by atoms with Gasteiger partial charge < -0.3 is 10.9 Å². The highest BCUT2D eigenvalue weighted by atomic mass is 35.5. The summed E-state index contributed by atoms with van der Waals surface area (Å²) < 4.78 is 0. The SMILES string of the molecule is CC(C(N)=NO)N1CCCCC1.Cl. The summed E-state index contributed by atoms with van der Waals surface area (Å²) in [4.78, 5) is 2.25. The highest BCUT2D eigenvalue weighted by Gasteiger charge is 2.19. The van der Waals surface area contributed by atoms with E-state index in [1.54, 1.807) is 0 Å². The molecule has 0 radical (unpaired) electrons. The number of amidine groups is 1.